The molecule has 0 fully saturated rings. The van der Waals surface area contributed by atoms with Crippen LogP contribution in [-0.2, 0) is 23.8 Å². The van der Waals surface area contributed by atoms with Crippen molar-refractivity contribution in [2.45, 2.75) is 59.4 Å². The van der Waals surface area contributed by atoms with Gasteiger partial charge in [0.25, 0.3) is 0 Å². The van der Waals surface area contributed by atoms with E-state index in [2.05, 4.69) is 0 Å². The highest BCUT2D eigenvalue weighted by atomic mass is 16.6. The predicted molar refractivity (Wildman–Crippen MR) is 110 cm³/mol. The third kappa shape index (κ3) is 4.72. The summed E-state index contributed by atoms with van der Waals surface area (Å²) >= 11 is 0. The zero-order chi connectivity index (χ0) is 22.6. The van der Waals surface area contributed by atoms with E-state index in [9.17, 15) is 14.4 Å². The molecule has 7 nitrogen and oxygen atoms in total. The summed E-state index contributed by atoms with van der Waals surface area (Å²) in [5, 5.41) is 0. The maximum absolute atomic E-state index is 12.6. The Morgan fingerprint density at radius 1 is 1.00 bits per heavy atom. The van der Waals surface area contributed by atoms with E-state index < -0.39 is 35.7 Å². The third-order valence-electron chi connectivity index (χ3n) is 5.05. The second kappa shape index (κ2) is 9.15. The van der Waals surface area contributed by atoms with Gasteiger partial charge in [-0.15, -0.1) is 0 Å². The quantitative estimate of drug-likeness (QED) is 0.406. The predicted octanol–water partition coefficient (Wildman–Crippen LogP) is 4.07. The van der Waals surface area contributed by atoms with Crippen molar-refractivity contribution >= 4 is 17.9 Å². The number of carbonyl (C=O) groups is 3. The maximum Gasteiger partial charge on any atom is 0.337 e. The smallest absolute Gasteiger partial charge is 0.337 e. The topological polar surface area (TPSA) is 88.1 Å². The SMILES string of the molecule is C/C=C(\C)C(=O)O[C@H]1c2cc(C(=O)OC)ccc2OC(C)(C)[C@H]1OC(=O)/C(C)=C/C. The summed E-state index contributed by atoms with van der Waals surface area (Å²) in [7, 11) is 1.28. The van der Waals surface area contributed by atoms with Crippen molar-refractivity contribution in [2.75, 3.05) is 7.11 Å². The molecule has 1 heterocycles. The molecule has 0 amide bonds. The summed E-state index contributed by atoms with van der Waals surface area (Å²) in [6.45, 7) is 10.2. The molecular weight excluding hydrogens is 388 g/mol. The second-order valence-electron chi connectivity index (χ2n) is 7.54. The monoisotopic (exact) mass is 416 g/mol. The van der Waals surface area contributed by atoms with Crippen molar-refractivity contribution in [3.8, 4) is 5.75 Å². The van der Waals surface area contributed by atoms with Crippen LogP contribution in [0.3, 0.4) is 0 Å². The average Bonchev–Trinajstić information content (AvgIpc) is 2.73. The molecule has 0 radical (unpaired) electrons. The number of benzene rings is 1. The third-order valence-corrected chi connectivity index (χ3v) is 5.05. The molecule has 1 aliphatic rings. The molecule has 0 aromatic heterocycles. The molecule has 1 aromatic rings. The van der Waals surface area contributed by atoms with Crippen LogP contribution < -0.4 is 4.74 Å². The van der Waals surface area contributed by atoms with Crippen LogP contribution in [0.1, 0.15) is 63.6 Å². The molecule has 7 heteroatoms. The Balaban J connectivity index is 2.59. The minimum Gasteiger partial charge on any atom is -0.483 e. The fourth-order valence-corrected chi connectivity index (χ4v) is 2.96. The molecule has 0 N–H and O–H groups in total. The fraction of sp³-hybridized carbons (Fsp3) is 0.435. The first-order chi connectivity index (χ1) is 14.0. The molecule has 0 unspecified atom stereocenters. The van der Waals surface area contributed by atoms with Gasteiger partial charge in [0, 0.05) is 16.7 Å². The van der Waals surface area contributed by atoms with Crippen molar-refractivity contribution in [2.24, 2.45) is 0 Å². The van der Waals surface area contributed by atoms with Crippen LogP contribution in [0.2, 0.25) is 0 Å². The van der Waals surface area contributed by atoms with Crippen LogP contribution >= 0.6 is 0 Å². The molecular formula is C23H28O7. The Morgan fingerprint density at radius 2 is 1.57 bits per heavy atom. The van der Waals surface area contributed by atoms with E-state index in [1.165, 1.54) is 13.2 Å². The number of methoxy groups -OCH3 is 1. The number of allylic oxidation sites excluding steroid dienone is 2. The molecule has 0 saturated carbocycles. The number of fused-ring (bicyclic) bond motifs is 1. The number of hydrogen-bond donors (Lipinski definition) is 0. The van der Waals surface area contributed by atoms with E-state index in [0.29, 0.717) is 22.5 Å². The van der Waals surface area contributed by atoms with E-state index in [4.69, 9.17) is 18.9 Å². The Bertz CT molecular complexity index is 908. The van der Waals surface area contributed by atoms with Gasteiger partial charge in [-0.05, 0) is 59.7 Å². The Hall–Kier alpha value is -3.09. The lowest BCUT2D eigenvalue weighted by Gasteiger charge is -2.43. The van der Waals surface area contributed by atoms with E-state index >= 15 is 0 Å². The molecule has 1 aliphatic heterocycles. The molecule has 162 valence electrons. The number of hydrogen-bond acceptors (Lipinski definition) is 7. The Labute approximate surface area is 176 Å². The minimum absolute atomic E-state index is 0.262. The second-order valence-corrected chi connectivity index (χ2v) is 7.54. The summed E-state index contributed by atoms with van der Waals surface area (Å²) in [6, 6.07) is 4.71. The van der Waals surface area contributed by atoms with E-state index in [1.54, 1.807) is 65.8 Å². The van der Waals surface area contributed by atoms with Gasteiger partial charge in [0.1, 0.15) is 11.4 Å². The van der Waals surface area contributed by atoms with Gasteiger partial charge in [-0.2, -0.15) is 0 Å². The largest absolute Gasteiger partial charge is 0.483 e. The van der Waals surface area contributed by atoms with Crippen molar-refractivity contribution in [1.29, 1.82) is 0 Å². The summed E-state index contributed by atoms with van der Waals surface area (Å²) in [5.41, 5.74) is 0.496. The summed E-state index contributed by atoms with van der Waals surface area (Å²) in [5.74, 6) is -1.22. The molecule has 0 spiro atoms. The lowest BCUT2D eigenvalue weighted by molar-refractivity contribution is -0.185. The standard InChI is InChI=1S/C23H28O7/c1-8-13(3)20(24)28-18-16-12-15(22(26)27-7)10-11-17(16)30-23(5,6)19(18)29-21(25)14(4)9-2/h8-12,18-19H,1-7H3/b13-8+,14-9+/t18-,19-/m0/s1. The van der Waals surface area contributed by atoms with E-state index in [1.807, 2.05) is 0 Å². The van der Waals surface area contributed by atoms with Crippen molar-refractivity contribution in [3.05, 3.63) is 52.6 Å². The van der Waals surface area contributed by atoms with Crippen molar-refractivity contribution in [3.63, 3.8) is 0 Å². The molecule has 30 heavy (non-hydrogen) atoms. The van der Waals surface area contributed by atoms with Gasteiger partial charge in [0.05, 0.1) is 12.7 Å². The van der Waals surface area contributed by atoms with Gasteiger partial charge in [0.2, 0.25) is 0 Å². The van der Waals surface area contributed by atoms with Gasteiger partial charge < -0.3 is 18.9 Å². The van der Waals surface area contributed by atoms with Crippen LogP contribution in [0.15, 0.2) is 41.5 Å². The summed E-state index contributed by atoms with van der Waals surface area (Å²) in [6.07, 6.45) is 1.33. The average molecular weight is 416 g/mol. The van der Waals surface area contributed by atoms with E-state index in [-0.39, 0.29) is 5.56 Å². The van der Waals surface area contributed by atoms with Gasteiger partial charge in [-0.25, -0.2) is 14.4 Å². The van der Waals surface area contributed by atoms with Crippen LogP contribution in [0.25, 0.3) is 0 Å². The van der Waals surface area contributed by atoms with Crippen molar-refractivity contribution < 1.29 is 33.3 Å². The van der Waals surface area contributed by atoms with Gasteiger partial charge in [0.15, 0.2) is 12.2 Å². The van der Waals surface area contributed by atoms with Gasteiger partial charge >= 0.3 is 17.9 Å². The zero-order valence-corrected chi connectivity index (χ0v) is 18.4. The Morgan fingerprint density at radius 3 is 2.10 bits per heavy atom. The molecule has 0 saturated heterocycles. The number of rotatable bonds is 5. The Kier molecular flexibility index (Phi) is 7.08. The molecule has 2 rings (SSSR count). The molecule has 1 aromatic carbocycles. The van der Waals surface area contributed by atoms with Crippen molar-refractivity contribution in [1.82, 2.24) is 0 Å². The lowest BCUT2D eigenvalue weighted by Crippen LogP contribution is -2.52. The van der Waals surface area contributed by atoms with Gasteiger partial charge in [-0.1, -0.05) is 12.2 Å². The summed E-state index contributed by atoms with van der Waals surface area (Å²) in [4.78, 5) is 37.1. The number of esters is 3. The minimum atomic E-state index is -1.00. The van der Waals surface area contributed by atoms with Crippen LogP contribution in [-0.4, -0.2) is 36.7 Å². The van der Waals surface area contributed by atoms with Crippen LogP contribution in [0, 0.1) is 0 Å². The fourth-order valence-electron chi connectivity index (χ4n) is 2.96. The van der Waals surface area contributed by atoms with Crippen LogP contribution in [0.5, 0.6) is 5.75 Å². The number of ether oxygens (including phenoxy) is 4. The van der Waals surface area contributed by atoms with E-state index in [0.717, 1.165) is 0 Å². The summed E-state index contributed by atoms with van der Waals surface area (Å²) < 4.78 is 22.3. The molecule has 0 bridgehead atoms. The normalized spacial score (nSPS) is 20.5. The highest BCUT2D eigenvalue weighted by Gasteiger charge is 2.49. The zero-order valence-electron chi connectivity index (χ0n) is 18.4. The first-order valence-corrected chi connectivity index (χ1v) is 9.64. The maximum atomic E-state index is 12.6. The highest BCUT2D eigenvalue weighted by molar-refractivity contribution is 5.90. The molecule has 0 aliphatic carbocycles. The first kappa shape index (κ1) is 23.2. The number of carbonyl (C=O) groups excluding carboxylic acids is 3. The molecule has 2 atom stereocenters. The lowest BCUT2D eigenvalue weighted by atomic mass is 9.87. The van der Waals surface area contributed by atoms with Gasteiger partial charge in [-0.3, -0.25) is 0 Å². The highest BCUT2D eigenvalue weighted by Crippen LogP contribution is 2.44. The first-order valence-electron chi connectivity index (χ1n) is 9.64. The van der Waals surface area contributed by atoms with Crippen LogP contribution in [0.4, 0.5) is 0 Å².